The van der Waals surface area contributed by atoms with Crippen LogP contribution < -0.4 is 72.7 Å². The Balaban J connectivity index is 0.00000289. The zero-order valence-corrected chi connectivity index (χ0v) is 22.3. The molecule has 0 radical (unpaired) electrons. The minimum absolute atomic E-state index is 0. The quantitative estimate of drug-likeness (QED) is 0.326. The number of aromatic nitrogens is 4. The van der Waals surface area contributed by atoms with E-state index in [2.05, 4.69) is 25.8 Å². The SMILES string of the molecule is Cc1nnc(C(=O)NC(C)(C)c2nc(C(=O)NCc3ccc(F)cc3)c([O-])c(=O)n2C)o1.O.[K+]. The van der Waals surface area contributed by atoms with Crippen LogP contribution in [0.15, 0.2) is 33.5 Å². The first-order chi connectivity index (χ1) is 15.0. The summed E-state index contributed by atoms with van der Waals surface area (Å²) in [6.45, 7) is 4.56. The molecule has 0 aliphatic rings. The number of benzene rings is 1. The molecule has 3 aromatic rings. The predicted molar refractivity (Wildman–Crippen MR) is 110 cm³/mol. The number of amides is 2. The zero-order chi connectivity index (χ0) is 23.6. The molecule has 1 aromatic carbocycles. The summed E-state index contributed by atoms with van der Waals surface area (Å²) in [4.78, 5) is 41.5. The summed E-state index contributed by atoms with van der Waals surface area (Å²) < 4.78 is 19.1. The molecule has 12 nitrogen and oxygen atoms in total. The predicted octanol–water partition coefficient (Wildman–Crippen LogP) is -3.54. The normalized spacial score (nSPS) is 10.6. The van der Waals surface area contributed by atoms with Gasteiger partial charge in [-0.15, -0.1) is 10.2 Å². The maximum atomic E-state index is 13.0. The van der Waals surface area contributed by atoms with Crippen LogP contribution in [-0.4, -0.2) is 37.0 Å². The molecule has 0 spiro atoms. The maximum absolute atomic E-state index is 13.0. The van der Waals surface area contributed by atoms with Gasteiger partial charge in [0.25, 0.3) is 5.91 Å². The van der Waals surface area contributed by atoms with Crippen molar-refractivity contribution in [2.75, 3.05) is 0 Å². The second kappa shape index (κ2) is 11.8. The molecule has 0 saturated heterocycles. The molecule has 2 aromatic heterocycles. The van der Waals surface area contributed by atoms with Gasteiger partial charge in [0.05, 0.1) is 5.54 Å². The number of nitrogens with one attached hydrogen (secondary N) is 2. The second-order valence-corrected chi connectivity index (χ2v) is 7.49. The van der Waals surface area contributed by atoms with Gasteiger partial charge >= 0.3 is 63.2 Å². The fourth-order valence-electron chi connectivity index (χ4n) is 2.94. The first-order valence-electron chi connectivity index (χ1n) is 9.43. The van der Waals surface area contributed by atoms with Gasteiger partial charge in [0.15, 0.2) is 0 Å². The second-order valence-electron chi connectivity index (χ2n) is 7.49. The Labute approximate surface area is 235 Å². The molecule has 0 aliphatic heterocycles. The van der Waals surface area contributed by atoms with Crippen LogP contribution in [0, 0.1) is 12.7 Å². The smallest absolute Gasteiger partial charge is 0.867 e. The van der Waals surface area contributed by atoms with E-state index < -0.39 is 40.2 Å². The van der Waals surface area contributed by atoms with Crippen molar-refractivity contribution in [3.05, 3.63) is 69.3 Å². The van der Waals surface area contributed by atoms with Gasteiger partial charge in [-0.05, 0) is 37.3 Å². The molecule has 0 atom stereocenters. The van der Waals surface area contributed by atoms with Gasteiger partial charge in [-0.2, -0.15) is 0 Å². The summed E-state index contributed by atoms with van der Waals surface area (Å²) in [5.74, 6) is -3.28. The van der Waals surface area contributed by atoms with Crippen molar-refractivity contribution in [1.82, 2.24) is 30.4 Å². The van der Waals surface area contributed by atoms with Gasteiger partial charge in [-0.3, -0.25) is 19.0 Å². The van der Waals surface area contributed by atoms with Crippen LogP contribution >= 0.6 is 0 Å². The minimum Gasteiger partial charge on any atom is -0.867 e. The number of carbonyl (C=O) groups excluding carboxylic acids is 2. The van der Waals surface area contributed by atoms with Crippen LogP contribution in [0.2, 0.25) is 0 Å². The topological polar surface area (TPSA) is 187 Å². The summed E-state index contributed by atoms with van der Waals surface area (Å²) >= 11 is 0. The van der Waals surface area contributed by atoms with Crippen LogP contribution in [0.25, 0.3) is 0 Å². The van der Waals surface area contributed by atoms with Crippen molar-refractivity contribution in [2.24, 2.45) is 7.05 Å². The Hall–Kier alpha value is -2.49. The summed E-state index contributed by atoms with van der Waals surface area (Å²) in [5, 5.41) is 24.7. The van der Waals surface area contributed by atoms with Gasteiger partial charge in [0.2, 0.25) is 11.4 Å². The molecule has 2 heterocycles. The molecular formula is C20H22FKN6O6. The van der Waals surface area contributed by atoms with E-state index in [1.807, 2.05) is 0 Å². The first-order valence-corrected chi connectivity index (χ1v) is 9.43. The van der Waals surface area contributed by atoms with Gasteiger partial charge in [-0.1, -0.05) is 12.1 Å². The first kappa shape index (κ1) is 29.5. The monoisotopic (exact) mass is 500 g/mol. The van der Waals surface area contributed by atoms with Crippen LogP contribution in [0.1, 0.15) is 52.3 Å². The van der Waals surface area contributed by atoms with E-state index in [0.29, 0.717) is 5.56 Å². The van der Waals surface area contributed by atoms with Gasteiger partial charge in [0, 0.05) is 20.5 Å². The van der Waals surface area contributed by atoms with Crippen molar-refractivity contribution >= 4 is 11.8 Å². The third-order valence-electron chi connectivity index (χ3n) is 4.54. The number of nitrogens with zero attached hydrogens (tertiary/aromatic N) is 4. The Morgan fingerprint density at radius 2 is 1.79 bits per heavy atom. The Morgan fingerprint density at radius 3 is 2.35 bits per heavy atom. The maximum Gasteiger partial charge on any atom is 1.00 e. The fourth-order valence-corrected chi connectivity index (χ4v) is 2.94. The third-order valence-corrected chi connectivity index (χ3v) is 4.54. The van der Waals surface area contributed by atoms with Crippen LogP contribution in [-0.2, 0) is 19.1 Å². The molecule has 176 valence electrons. The fraction of sp³-hybridized carbons (Fsp3) is 0.300. The van der Waals surface area contributed by atoms with E-state index in [9.17, 15) is 23.9 Å². The van der Waals surface area contributed by atoms with Crippen molar-refractivity contribution < 1.29 is 80.4 Å². The number of carbonyl (C=O) groups is 2. The van der Waals surface area contributed by atoms with E-state index in [1.165, 1.54) is 52.1 Å². The number of aryl methyl sites for hydroxylation is 1. The number of hydrogen-bond acceptors (Lipinski definition) is 8. The molecule has 0 unspecified atom stereocenters. The van der Waals surface area contributed by atoms with Crippen LogP contribution in [0.3, 0.4) is 0 Å². The number of rotatable bonds is 6. The van der Waals surface area contributed by atoms with Crippen molar-refractivity contribution in [3.63, 3.8) is 0 Å². The summed E-state index contributed by atoms with van der Waals surface area (Å²) in [6.07, 6.45) is 0. The Bertz CT molecular complexity index is 1240. The van der Waals surface area contributed by atoms with Gasteiger partial charge in [0.1, 0.15) is 17.3 Å². The molecule has 34 heavy (non-hydrogen) atoms. The molecular weight excluding hydrogens is 478 g/mol. The molecule has 0 aliphatic carbocycles. The van der Waals surface area contributed by atoms with E-state index in [-0.39, 0.29) is 81.0 Å². The van der Waals surface area contributed by atoms with Crippen LogP contribution in [0.5, 0.6) is 5.75 Å². The van der Waals surface area contributed by atoms with Crippen LogP contribution in [0.4, 0.5) is 4.39 Å². The number of hydrogen-bond donors (Lipinski definition) is 2. The largest absolute Gasteiger partial charge is 1.00 e. The average Bonchev–Trinajstić information content (AvgIpc) is 3.17. The standard InChI is InChI=1S/C20H21FN6O5.K.H2O/c1-10-25-26-17(32-10)16(30)24-20(2,3)19-23-13(14(28)18(31)27(19)4)15(29)22-9-11-5-7-12(21)8-6-11;;/h5-8,28H,9H2,1-4H3,(H,22,29)(H,24,30);;1H2/q;+1;/p-1. The Kier molecular flexibility index (Phi) is 10.2. The van der Waals surface area contributed by atoms with E-state index in [1.54, 1.807) is 0 Å². The molecule has 2 amide bonds. The molecule has 3 rings (SSSR count). The summed E-state index contributed by atoms with van der Waals surface area (Å²) in [7, 11) is 1.30. The van der Waals surface area contributed by atoms with E-state index in [4.69, 9.17) is 4.42 Å². The van der Waals surface area contributed by atoms with Crippen molar-refractivity contribution in [1.29, 1.82) is 0 Å². The van der Waals surface area contributed by atoms with E-state index in [0.717, 1.165) is 4.57 Å². The molecule has 0 saturated carbocycles. The van der Waals surface area contributed by atoms with Gasteiger partial charge < -0.3 is 25.6 Å². The van der Waals surface area contributed by atoms with E-state index >= 15 is 0 Å². The minimum atomic E-state index is -1.30. The molecule has 4 N–H and O–H groups in total. The summed E-state index contributed by atoms with van der Waals surface area (Å²) in [6, 6.07) is 5.39. The van der Waals surface area contributed by atoms with Gasteiger partial charge in [-0.25, -0.2) is 9.37 Å². The summed E-state index contributed by atoms with van der Waals surface area (Å²) in [5.41, 5.74) is -2.33. The molecule has 14 heteroatoms. The zero-order valence-electron chi connectivity index (χ0n) is 19.2. The molecule has 0 fully saturated rings. The number of halogens is 1. The Morgan fingerprint density at radius 1 is 1.18 bits per heavy atom. The van der Waals surface area contributed by atoms with Crippen molar-refractivity contribution in [3.8, 4) is 5.75 Å². The third kappa shape index (κ3) is 6.55. The molecule has 0 bridgehead atoms. The van der Waals surface area contributed by atoms with Crippen molar-refractivity contribution in [2.45, 2.75) is 32.9 Å². The average molecular weight is 501 g/mol.